The summed E-state index contributed by atoms with van der Waals surface area (Å²) in [6.07, 6.45) is 0. The SMILES string of the molecule is Cc1cc(C)c(NC(=O)COC(=O)c2csc(NCc3ccccc3)n2)c(C)c1. The van der Waals surface area contributed by atoms with Gasteiger partial charge in [0.2, 0.25) is 0 Å². The fraction of sp³-hybridized carbons (Fsp3) is 0.227. The molecule has 29 heavy (non-hydrogen) atoms. The number of benzene rings is 2. The van der Waals surface area contributed by atoms with Crippen molar-refractivity contribution >= 4 is 34.0 Å². The lowest BCUT2D eigenvalue weighted by atomic mass is 10.1. The van der Waals surface area contributed by atoms with E-state index < -0.39 is 5.97 Å². The Kier molecular flexibility index (Phi) is 6.61. The molecule has 0 fully saturated rings. The first-order chi connectivity index (χ1) is 13.9. The number of esters is 1. The molecule has 2 aromatic carbocycles. The summed E-state index contributed by atoms with van der Waals surface area (Å²) in [4.78, 5) is 28.6. The molecule has 0 aliphatic rings. The number of aromatic nitrogens is 1. The average Bonchev–Trinajstić information content (AvgIpc) is 3.17. The van der Waals surface area contributed by atoms with Gasteiger partial charge < -0.3 is 15.4 Å². The van der Waals surface area contributed by atoms with Gasteiger partial charge in [-0.15, -0.1) is 11.3 Å². The van der Waals surface area contributed by atoms with Gasteiger partial charge in [0.15, 0.2) is 17.4 Å². The van der Waals surface area contributed by atoms with Crippen molar-refractivity contribution < 1.29 is 14.3 Å². The van der Waals surface area contributed by atoms with Gasteiger partial charge in [-0.1, -0.05) is 48.0 Å². The summed E-state index contributed by atoms with van der Waals surface area (Å²) in [5, 5.41) is 8.22. The van der Waals surface area contributed by atoms with E-state index in [0.29, 0.717) is 11.7 Å². The lowest BCUT2D eigenvalue weighted by Crippen LogP contribution is -2.22. The molecule has 3 aromatic rings. The van der Waals surface area contributed by atoms with Gasteiger partial charge >= 0.3 is 5.97 Å². The predicted molar refractivity (Wildman–Crippen MR) is 115 cm³/mol. The third-order valence-corrected chi connectivity index (χ3v) is 5.08. The summed E-state index contributed by atoms with van der Waals surface area (Å²) in [5.74, 6) is -1.01. The molecule has 0 bridgehead atoms. The first kappa shape index (κ1) is 20.5. The van der Waals surface area contributed by atoms with E-state index in [1.165, 1.54) is 11.3 Å². The lowest BCUT2D eigenvalue weighted by molar-refractivity contribution is -0.119. The molecule has 3 rings (SSSR count). The predicted octanol–water partition coefficient (Wildman–Crippen LogP) is 4.48. The zero-order valence-corrected chi connectivity index (χ0v) is 17.4. The number of hydrogen-bond acceptors (Lipinski definition) is 6. The number of nitrogens with one attached hydrogen (secondary N) is 2. The first-order valence-corrected chi connectivity index (χ1v) is 10.1. The van der Waals surface area contributed by atoms with E-state index in [2.05, 4.69) is 15.6 Å². The van der Waals surface area contributed by atoms with Crippen molar-refractivity contribution in [2.75, 3.05) is 17.2 Å². The normalized spacial score (nSPS) is 10.4. The van der Waals surface area contributed by atoms with Gasteiger partial charge in [-0.3, -0.25) is 4.79 Å². The third-order valence-electron chi connectivity index (χ3n) is 4.28. The minimum Gasteiger partial charge on any atom is -0.451 e. The van der Waals surface area contributed by atoms with Gasteiger partial charge in [-0.25, -0.2) is 9.78 Å². The second kappa shape index (κ2) is 9.34. The van der Waals surface area contributed by atoms with Crippen LogP contribution in [0, 0.1) is 20.8 Å². The van der Waals surface area contributed by atoms with Crippen molar-refractivity contribution in [2.24, 2.45) is 0 Å². The molecule has 0 saturated heterocycles. The van der Waals surface area contributed by atoms with Gasteiger partial charge in [0, 0.05) is 17.6 Å². The van der Waals surface area contributed by atoms with Gasteiger partial charge in [0.05, 0.1) is 0 Å². The smallest absolute Gasteiger partial charge is 0.358 e. The van der Waals surface area contributed by atoms with Crippen LogP contribution in [0.4, 0.5) is 10.8 Å². The standard InChI is InChI=1S/C22H23N3O3S/c1-14-9-15(2)20(16(3)10-14)25-19(26)12-28-21(27)18-13-29-22(24-18)23-11-17-7-5-4-6-8-17/h4-10,13H,11-12H2,1-3H3,(H,23,24)(H,25,26). The molecular formula is C22H23N3O3S. The topological polar surface area (TPSA) is 80.3 Å². The van der Waals surface area contributed by atoms with Crippen LogP contribution in [0.5, 0.6) is 0 Å². The van der Waals surface area contributed by atoms with Gasteiger partial charge in [-0.05, 0) is 37.5 Å². The van der Waals surface area contributed by atoms with E-state index in [4.69, 9.17) is 4.74 Å². The maximum Gasteiger partial charge on any atom is 0.358 e. The summed E-state index contributed by atoms with van der Waals surface area (Å²) >= 11 is 1.32. The van der Waals surface area contributed by atoms with Crippen LogP contribution in [-0.2, 0) is 16.1 Å². The number of hydrogen-bond donors (Lipinski definition) is 2. The van der Waals surface area contributed by atoms with Gasteiger partial charge in [0.1, 0.15) is 0 Å². The minimum absolute atomic E-state index is 0.182. The highest BCUT2D eigenvalue weighted by atomic mass is 32.1. The van der Waals surface area contributed by atoms with Crippen LogP contribution in [0.15, 0.2) is 47.8 Å². The number of anilines is 2. The summed E-state index contributed by atoms with van der Waals surface area (Å²) < 4.78 is 5.11. The fourth-order valence-electron chi connectivity index (χ4n) is 2.98. The van der Waals surface area contributed by atoms with Crippen LogP contribution < -0.4 is 10.6 Å². The van der Waals surface area contributed by atoms with Crippen molar-refractivity contribution in [3.63, 3.8) is 0 Å². The molecule has 0 aliphatic heterocycles. The maximum absolute atomic E-state index is 12.2. The number of thiazole rings is 1. The van der Waals surface area contributed by atoms with Crippen molar-refractivity contribution in [2.45, 2.75) is 27.3 Å². The minimum atomic E-state index is -0.624. The molecule has 0 spiro atoms. The molecule has 0 unspecified atom stereocenters. The number of carbonyl (C=O) groups is 2. The fourth-order valence-corrected chi connectivity index (χ4v) is 3.66. The Morgan fingerprint density at radius 2 is 1.76 bits per heavy atom. The highest BCUT2D eigenvalue weighted by Gasteiger charge is 2.15. The Balaban J connectivity index is 1.50. The molecule has 2 N–H and O–H groups in total. The van der Waals surface area contributed by atoms with E-state index in [0.717, 1.165) is 27.9 Å². The number of nitrogens with zero attached hydrogens (tertiary/aromatic N) is 1. The van der Waals surface area contributed by atoms with Crippen LogP contribution in [-0.4, -0.2) is 23.5 Å². The van der Waals surface area contributed by atoms with E-state index in [1.807, 2.05) is 63.2 Å². The van der Waals surface area contributed by atoms with Crippen LogP contribution in [0.25, 0.3) is 0 Å². The van der Waals surface area contributed by atoms with E-state index in [9.17, 15) is 9.59 Å². The van der Waals surface area contributed by atoms with Crippen molar-refractivity contribution in [1.29, 1.82) is 0 Å². The second-order valence-electron chi connectivity index (χ2n) is 6.78. The molecule has 150 valence electrons. The number of aryl methyl sites for hydroxylation is 3. The number of carbonyl (C=O) groups excluding carboxylic acids is 2. The Hall–Kier alpha value is -3.19. The molecule has 1 heterocycles. The molecule has 0 saturated carbocycles. The molecule has 1 amide bonds. The van der Waals surface area contributed by atoms with E-state index in [-0.39, 0.29) is 18.2 Å². The summed E-state index contributed by atoms with van der Waals surface area (Å²) in [5.41, 5.74) is 5.11. The highest BCUT2D eigenvalue weighted by molar-refractivity contribution is 7.13. The molecule has 6 nitrogen and oxygen atoms in total. The van der Waals surface area contributed by atoms with Crippen molar-refractivity contribution in [3.05, 3.63) is 75.8 Å². The quantitative estimate of drug-likeness (QED) is 0.563. The third kappa shape index (κ3) is 5.65. The maximum atomic E-state index is 12.2. The van der Waals surface area contributed by atoms with Crippen LogP contribution in [0.3, 0.4) is 0 Å². The Labute approximate surface area is 173 Å². The first-order valence-electron chi connectivity index (χ1n) is 9.20. The molecule has 0 atom stereocenters. The van der Waals surface area contributed by atoms with Gasteiger partial charge in [0.25, 0.3) is 5.91 Å². The Morgan fingerprint density at radius 3 is 2.45 bits per heavy atom. The second-order valence-corrected chi connectivity index (χ2v) is 7.63. The molecule has 7 heteroatoms. The van der Waals surface area contributed by atoms with Crippen molar-refractivity contribution in [1.82, 2.24) is 4.98 Å². The van der Waals surface area contributed by atoms with Crippen LogP contribution in [0.1, 0.15) is 32.7 Å². The largest absolute Gasteiger partial charge is 0.451 e. The monoisotopic (exact) mass is 409 g/mol. The average molecular weight is 410 g/mol. The Bertz CT molecular complexity index is 992. The number of ether oxygens (including phenoxy) is 1. The van der Waals surface area contributed by atoms with Gasteiger partial charge in [-0.2, -0.15) is 0 Å². The van der Waals surface area contributed by atoms with Crippen molar-refractivity contribution in [3.8, 4) is 0 Å². The van der Waals surface area contributed by atoms with Crippen LogP contribution in [0.2, 0.25) is 0 Å². The van der Waals surface area contributed by atoms with E-state index >= 15 is 0 Å². The Morgan fingerprint density at radius 1 is 1.07 bits per heavy atom. The number of amides is 1. The summed E-state index contributed by atoms with van der Waals surface area (Å²) in [6.45, 7) is 6.11. The lowest BCUT2D eigenvalue weighted by Gasteiger charge is -2.12. The zero-order valence-electron chi connectivity index (χ0n) is 16.6. The molecule has 0 aliphatic carbocycles. The summed E-state index contributed by atoms with van der Waals surface area (Å²) in [6, 6.07) is 13.9. The molecular weight excluding hydrogens is 386 g/mol. The van der Waals surface area contributed by atoms with E-state index in [1.54, 1.807) is 5.38 Å². The molecule has 1 aromatic heterocycles. The zero-order chi connectivity index (χ0) is 20.8. The highest BCUT2D eigenvalue weighted by Crippen LogP contribution is 2.22. The summed E-state index contributed by atoms with van der Waals surface area (Å²) in [7, 11) is 0. The van der Waals surface area contributed by atoms with Crippen LogP contribution >= 0.6 is 11.3 Å². The number of rotatable bonds is 7. The molecule has 0 radical (unpaired) electrons.